The van der Waals surface area contributed by atoms with E-state index < -0.39 is 11.2 Å². The van der Waals surface area contributed by atoms with Crippen LogP contribution in [0.15, 0.2) is 34.0 Å². The van der Waals surface area contributed by atoms with Crippen LogP contribution in [0.5, 0.6) is 11.5 Å². The van der Waals surface area contributed by atoms with Crippen molar-refractivity contribution in [2.45, 2.75) is 0 Å². The molecule has 7 heteroatoms. The maximum atomic E-state index is 11.6. The molecule has 0 aliphatic carbocycles. The zero-order valence-corrected chi connectivity index (χ0v) is 9.84. The average molecular weight is 249 g/mol. The summed E-state index contributed by atoms with van der Waals surface area (Å²) in [5.74, 6) is 1.04. The minimum atomic E-state index is -0.627. The standard InChI is InChI=1S/C11H11N3O4/c1-17-8-3-7(4-9(5-8)18-2)14-11(16)13-10(15)6-12-14/h3-6H,1-2H3,(H,13,15,16). The number of H-pyrrole nitrogens is 1. The van der Waals surface area contributed by atoms with Crippen molar-refractivity contribution in [3.8, 4) is 17.2 Å². The molecule has 0 aliphatic heterocycles. The van der Waals surface area contributed by atoms with Crippen LogP contribution in [0.1, 0.15) is 0 Å². The SMILES string of the molecule is COc1cc(OC)cc(-n2ncc(=O)[nH]c2=O)c1. The van der Waals surface area contributed by atoms with Crippen LogP contribution in [0.25, 0.3) is 5.69 Å². The second kappa shape index (κ2) is 4.74. The second-order valence-electron chi connectivity index (χ2n) is 3.42. The van der Waals surface area contributed by atoms with Crippen molar-refractivity contribution < 1.29 is 9.47 Å². The Balaban J connectivity index is 2.62. The van der Waals surface area contributed by atoms with Crippen LogP contribution in [0.3, 0.4) is 0 Å². The minimum Gasteiger partial charge on any atom is -0.497 e. The van der Waals surface area contributed by atoms with E-state index in [1.165, 1.54) is 14.2 Å². The number of ether oxygens (including phenoxy) is 2. The molecule has 0 spiro atoms. The summed E-state index contributed by atoms with van der Waals surface area (Å²) in [6.45, 7) is 0. The summed E-state index contributed by atoms with van der Waals surface area (Å²) in [6, 6.07) is 4.88. The lowest BCUT2D eigenvalue weighted by Gasteiger charge is -2.08. The third kappa shape index (κ3) is 2.24. The zero-order valence-electron chi connectivity index (χ0n) is 9.84. The van der Waals surface area contributed by atoms with Gasteiger partial charge in [0.15, 0.2) is 0 Å². The Morgan fingerprint density at radius 3 is 2.22 bits per heavy atom. The van der Waals surface area contributed by atoms with Crippen LogP contribution in [-0.4, -0.2) is 29.0 Å². The third-order valence-corrected chi connectivity index (χ3v) is 2.29. The summed E-state index contributed by atoms with van der Waals surface area (Å²) in [4.78, 5) is 24.7. The van der Waals surface area contributed by atoms with Gasteiger partial charge < -0.3 is 9.47 Å². The first-order valence-electron chi connectivity index (χ1n) is 5.06. The molecule has 1 N–H and O–H groups in total. The summed E-state index contributed by atoms with van der Waals surface area (Å²) in [5.41, 5.74) is -0.739. The second-order valence-corrected chi connectivity index (χ2v) is 3.42. The summed E-state index contributed by atoms with van der Waals surface area (Å²) in [5, 5.41) is 3.75. The van der Waals surface area contributed by atoms with Crippen molar-refractivity contribution >= 4 is 0 Å². The van der Waals surface area contributed by atoms with Gasteiger partial charge in [-0.2, -0.15) is 9.78 Å². The lowest BCUT2D eigenvalue weighted by molar-refractivity contribution is 0.393. The number of hydrogen-bond donors (Lipinski definition) is 1. The molecule has 1 heterocycles. The van der Waals surface area contributed by atoms with Crippen molar-refractivity contribution in [3.05, 3.63) is 45.2 Å². The van der Waals surface area contributed by atoms with Crippen LogP contribution in [0.2, 0.25) is 0 Å². The fourth-order valence-corrected chi connectivity index (χ4v) is 1.45. The number of benzene rings is 1. The molecule has 94 valence electrons. The fourth-order valence-electron chi connectivity index (χ4n) is 1.45. The summed E-state index contributed by atoms with van der Waals surface area (Å²) >= 11 is 0. The molecule has 1 aromatic carbocycles. The number of aromatic amines is 1. The highest BCUT2D eigenvalue weighted by Crippen LogP contribution is 2.23. The van der Waals surface area contributed by atoms with E-state index in [4.69, 9.17) is 9.47 Å². The molecule has 2 aromatic rings. The van der Waals surface area contributed by atoms with E-state index in [-0.39, 0.29) is 0 Å². The molecular formula is C11H11N3O4. The van der Waals surface area contributed by atoms with Crippen LogP contribution in [-0.2, 0) is 0 Å². The number of hydrogen-bond acceptors (Lipinski definition) is 5. The maximum Gasteiger partial charge on any atom is 0.349 e. The highest BCUT2D eigenvalue weighted by atomic mass is 16.5. The van der Waals surface area contributed by atoms with Crippen molar-refractivity contribution in [1.29, 1.82) is 0 Å². The largest absolute Gasteiger partial charge is 0.497 e. The molecule has 0 unspecified atom stereocenters. The molecular weight excluding hydrogens is 238 g/mol. The molecule has 0 fully saturated rings. The van der Waals surface area contributed by atoms with Gasteiger partial charge in [0, 0.05) is 18.2 Å². The number of nitrogens with one attached hydrogen (secondary N) is 1. The van der Waals surface area contributed by atoms with Crippen LogP contribution < -0.4 is 20.7 Å². The molecule has 0 aliphatic rings. The van der Waals surface area contributed by atoms with Gasteiger partial charge in [0.05, 0.1) is 19.9 Å². The first-order valence-corrected chi connectivity index (χ1v) is 5.06. The first-order chi connectivity index (χ1) is 8.63. The van der Waals surface area contributed by atoms with Crippen LogP contribution >= 0.6 is 0 Å². The monoisotopic (exact) mass is 249 g/mol. The Morgan fingerprint density at radius 1 is 1.11 bits per heavy atom. The molecule has 18 heavy (non-hydrogen) atoms. The Labute approximate surface area is 102 Å². The lowest BCUT2D eigenvalue weighted by Crippen LogP contribution is -2.30. The van der Waals surface area contributed by atoms with Gasteiger partial charge in [0.1, 0.15) is 17.7 Å². The van der Waals surface area contributed by atoms with Gasteiger partial charge in [-0.05, 0) is 0 Å². The molecule has 0 saturated carbocycles. The Bertz CT molecular complexity index is 652. The summed E-state index contributed by atoms with van der Waals surface area (Å²) in [6.07, 6.45) is 1.02. The van der Waals surface area contributed by atoms with E-state index in [0.29, 0.717) is 17.2 Å². The number of methoxy groups -OCH3 is 2. The van der Waals surface area contributed by atoms with Gasteiger partial charge in [0.25, 0.3) is 5.56 Å². The van der Waals surface area contributed by atoms with Crippen LogP contribution in [0.4, 0.5) is 0 Å². The fraction of sp³-hybridized carbons (Fsp3) is 0.182. The van der Waals surface area contributed by atoms with Crippen molar-refractivity contribution in [2.75, 3.05) is 14.2 Å². The molecule has 1 aromatic heterocycles. The van der Waals surface area contributed by atoms with E-state index in [9.17, 15) is 9.59 Å². The third-order valence-electron chi connectivity index (χ3n) is 2.29. The lowest BCUT2D eigenvalue weighted by atomic mass is 10.3. The number of aromatic nitrogens is 3. The van der Waals surface area contributed by atoms with E-state index >= 15 is 0 Å². The van der Waals surface area contributed by atoms with Gasteiger partial charge in [0.2, 0.25) is 0 Å². The molecule has 0 bridgehead atoms. The zero-order chi connectivity index (χ0) is 13.1. The van der Waals surface area contributed by atoms with E-state index in [1.807, 2.05) is 0 Å². The van der Waals surface area contributed by atoms with Gasteiger partial charge >= 0.3 is 5.69 Å². The van der Waals surface area contributed by atoms with Crippen molar-refractivity contribution in [3.63, 3.8) is 0 Å². The molecule has 7 nitrogen and oxygen atoms in total. The maximum absolute atomic E-state index is 11.6. The molecule has 0 amide bonds. The van der Waals surface area contributed by atoms with Crippen molar-refractivity contribution in [2.24, 2.45) is 0 Å². The van der Waals surface area contributed by atoms with Gasteiger partial charge in [-0.15, -0.1) is 0 Å². The Morgan fingerprint density at radius 2 is 1.72 bits per heavy atom. The van der Waals surface area contributed by atoms with E-state index in [1.54, 1.807) is 18.2 Å². The summed E-state index contributed by atoms with van der Waals surface area (Å²) in [7, 11) is 3.00. The Kier molecular flexibility index (Phi) is 3.13. The highest BCUT2D eigenvalue weighted by Gasteiger charge is 2.06. The normalized spacial score (nSPS) is 10.1. The van der Waals surface area contributed by atoms with E-state index in [2.05, 4.69) is 10.1 Å². The molecule has 0 saturated heterocycles. The molecule has 2 rings (SSSR count). The average Bonchev–Trinajstić information content (AvgIpc) is 2.38. The predicted molar refractivity (Wildman–Crippen MR) is 63.6 cm³/mol. The predicted octanol–water partition coefficient (Wildman–Crippen LogP) is -0.0620. The number of nitrogens with zero attached hydrogens (tertiary/aromatic N) is 2. The van der Waals surface area contributed by atoms with Gasteiger partial charge in [-0.3, -0.25) is 9.78 Å². The quantitative estimate of drug-likeness (QED) is 0.823. The van der Waals surface area contributed by atoms with Crippen LogP contribution in [0, 0.1) is 0 Å². The Hall–Kier alpha value is -2.57. The first kappa shape index (κ1) is 11.9. The minimum absolute atomic E-state index is 0.437. The topological polar surface area (TPSA) is 86.2 Å². The number of rotatable bonds is 3. The van der Waals surface area contributed by atoms with Gasteiger partial charge in [-0.25, -0.2) is 4.79 Å². The smallest absolute Gasteiger partial charge is 0.349 e. The van der Waals surface area contributed by atoms with E-state index in [0.717, 1.165) is 10.9 Å². The molecule has 0 atom stereocenters. The molecule has 0 radical (unpaired) electrons. The van der Waals surface area contributed by atoms with Crippen molar-refractivity contribution in [1.82, 2.24) is 14.8 Å². The highest BCUT2D eigenvalue weighted by molar-refractivity contribution is 5.45. The van der Waals surface area contributed by atoms with Gasteiger partial charge in [-0.1, -0.05) is 0 Å². The summed E-state index contributed by atoms with van der Waals surface area (Å²) < 4.78 is 11.2.